The Labute approximate surface area is 225 Å². The van der Waals surface area contributed by atoms with Crippen molar-refractivity contribution in [1.29, 1.82) is 5.26 Å². The number of nitrogens with one attached hydrogen (secondary N) is 1. The van der Waals surface area contributed by atoms with Gasteiger partial charge >= 0.3 is 0 Å². The molecular weight excluding hydrogens is 502 g/mol. The normalized spacial score (nSPS) is 11.1. The second-order valence-corrected chi connectivity index (χ2v) is 8.64. The maximum absolute atomic E-state index is 13.2. The van der Waals surface area contributed by atoms with Gasteiger partial charge in [-0.15, -0.1) is 0 Å². The van der Waals surface area contributed by atoms with Crippen molar-refractivity contribution in [1.82, 2.24) is 5.43 Å². The number of halogens is 1. The minimum Gasteiger partial charge on any atom is -0.493 e. The van der Waals surface area contributed by atoms with Crippen LogP contribution in [-0.2, 0) is 17.0 Å². The second kappa shape index (κ2) is 12.1. The first-order valence-electron chi connectivity index (χ1n) is 11.6. The zero-order valence-electron chi connectivity index (χ0n) is 20.5. The lowest BCUT2D eigenvalue weighted by atomic mass is 9.85. The van der Waals surface area contributed by atoms with Gasteiger partial charge in [-0.05, 0) is 34.9 Å². The number of nitrogens with zero attached hydrogens (tertiary/aromatic N) is 2. The Morgan fingerprint density at radius 3 is 2.24 bits per heavy atom. The van der Waals surface area contributed by atoms with E-state index in [1.54, 1.807) is 91.0 Å². The lowest BCUT2D eigenvalue weighted by molar-refractivity contribution is -0.136. The molecule has 7 nitrogen and oxygen atoms in total. The van der Waals surface area contributed by atoms with E-state index in [1.165, 1.54) is 13.3 Å². The summed E-state index contributed by atoms with van der Waals surface area (Å²) in [4.78, 5) is 13.2. The molecule has 8 heteroatoms. The standard InChI is InChI=1S/C30H24ClN3O4/c1-37-27-17-21(16-26(31)28(27)38-20-23-11-9-8-10-22(23)18-32)19-33-34-29(35)30(36,24-12-4-2-5-13-24)25-14-6-3-7-15-25/h2-17,19,36H,20H2,1H3,(H,34,35)/b33-19-. The molecule has 0 radical (unpaired) electrons. The molecule has 0 spiro atoms. The third-order valence-corrected chi connectivity index (χ3v) is 6.13. The molecule has 190 valence electrons. The Balaban J connectivity index is 1.53. The number of carbonyl (C=O) groups excluding carboxylic acids is 1. The van der Waals surface area contributed by atoms with Crippen LogP contribution < -0.4 is 14.9 Å². The first-order chi connectivity index (χ1) is 18.5. The fraction of sp³-hybridized carbons (Fsp3) is 0.100. The van der Waals surface area contributed by atoms with Gasteiger partial charge in [0.15, 0.2) is 17.1 Å². The van der Waals surface area contributed by atoms with Gasteiger partial charge in [0, 0.05) is 5.56 Å². The summed E-state index contributed by atoms with van der Waals surface area (Å²) in [7, 11) is 1.48. The van der Waals surface area contributed by atoms with Crippen LogP contribution in [0.4, 0.5) is 0 Å². The van der Waals surface area contributed by atoms with Crippen molar-refractivity contribution >= 4 is 23.7 Å². The number of hydrogen-bond acceptors (Lipinski definition) is 6. The highest BCUT2D eigenvalue weighted by molar-refractivity contribution is 6.32. The molecule has 4 rings (SSSR count). The van der Waals surface area contributed by atoms with Crippen LogP contribution in [-0.4, -0.2) is 24.3 Å². The maximum atomic E-state index is 13.2. The Morgan fingerprint density at radius 1 is 1.03 bits per heavy atom. The summed E-state index contributed by atoms with van der Waals surface area (Å²) in [5.74, 6) is -0.0595. The number of methoxy groups -OCH3 is 1. The number of amides is 1. The van der Waals surface area contributed by atoms with Gasteiger partial charge in [0.2, 0.25) is 0 Å². The maximum Gasteiger partial charge on any atom is 0.281 e. The van der Waals surface area contributed by atoms with Gasteiger partial charge in [0.05, 0.1) is 30.0 Å². The molecule has 0 saturated carbocycles. The molecule has 38 heavy (non-hydrogen) atoms. The predicted molar refractivity (Wildman–Crippen MR) is 145 cm³/mol. The summed E-state index contributed by atoms with van der Waals surface area (Å²) in [6.45, 7) is 0.126. The molecule has 0 saturated heterocycles. The van der Waals surface area contributed by atoms with E-state index in [2.05, 4.69) is 16.6 Å². The molecule has 0 bridgehead atoms. The van der Waals surface area contributed by atoms with E-state index in [4.69, 9.17) is 21.1 Å². The fourth-order valence-corrected chi connectivity index (χ4v) is 4.17. The van der Waals surface area contributed by atoms with Crippen molar-refractivity contribution < 1.29 is 19.4 Å². The van der Waals surface area contributed by atoms with Crippen molar-refractivity contribution in [3.8, 4) is 17.6 Å². The number of hydrogen-bond donors (Lipinski definition) is 2. The average molecular weight is 526 g/mol. The van der Waals surface area contributed by atoms with Gasteiger partial charge in [0.1, 0.15) is 6.61 Å². The topological polar surface area (TPSA) is 104 Å². The summed E-state index contributed by atoms with van der Waals surface area (Å²) >= 11 is 6.47. The van der Waals surface area contributed by atoms with Gasteiger partial charge in [-0.2, -0.15) is 10.4 Å². The summed E-state index contributed by atoms with van der Waals surface area (Å²) in [6.07, 6.45) is 1.39. The van der Waals surface area contributed by atoms with Crippen molar-refractivity contribution in [3.05, 3.63) is 130 Å². The third-order valence-electron chi connectivity index (χ3n) is 5.85. The molecule has 1 amide bonds. The lowest BCUT2D eigenvalue weighted by Gasteiger charge is -2.27. The van der Waals surface area contributed by atoms with E-state index >= 15 is 0 Å². The van der Waals surface area contributed by atoms with Crippen LogP contribution in [0.25, 0.3) is 0 Å². The number of nitriles is 1. The van der Waals surface area contributed by atoms with E-state index in [9.17, 15) is 15.2 Å². The number of benzene rings is 4. The quantitative estimate of drug-likeness (QED) is 0.231. The molecule has 0 aromatic heterocycles. The average Bonchev–Trinajstić information content (AvgIpc) is 2.96. The van der Waals surface area contributed by atoms with Crippen LogP contribution in [0.1, 0.15) is 27.8 Å². The third kappa shape index (κ3) is 5.68. The van der Waals surface area contributed by atoms with E-state index in [-0.39, 0.29) is 11.6 Å². The number of ether oxygens (including phenoxy) is 2. The Morgan fingerprint density at radius 2 is 1.63 bits per heavy atom. The minimum atomic E-state index is -1.95. The van der Waals surface area contributed by atoms with E-state index < -0.39 is 11.5 Å². The number of aliphatic hydroxyl groups is 1. The van der Waals surface area contributed by atoms with Crippen molar-refractivity contribution in [3.63, 3.8) is 0 Å². The molecule has 4 aromatic rings. The van der Waals surface area contributed by atoms with E-state index in [1.807, 2.05) is 6.07 Å². The highest BCUT2D eigenvalue weighted by atomic mass is 35.5. The van der Waals surface area contributed by atoms with Gasteiger partial charge < -0.3 is 14.6 Å². The molecule has 2 N–H and O–H groups in total. The van der Waals surface area contributed by atoms with Gasteiger partial charge in [-0.1, -0.05) is 90.5 Å². The Bertz CT molecular complexity index is 1450. The molecule has 4 aromatic carbocycles. The monoisotopic (exact) mass is 525 g/mol. The first-order valence-corrected chi connectivity index (χ1v) is 12.0. The molecule has 0 atom stereocenters. The summed E-state index contributed by atoms with van der Waals surface area (Å²) in [5.41, 5.74) is 3.04. The molecule has 0 aliphatic heterocycles. The highest BCUT2D eigenvalue weighted by Gasteiger charge is 2.39. The number of hydrazone groups is 1. The van der Waals surface area contributed by atoms with Crippen LogP contribution in [0.15, 0.2) is 102 Å². The van der Waals surface area contributed by atoms with Crippen molar-refractivity contribution in [2.45, 2.75) is 12.2 Å². The second-order valence-electron chi connectivity index (χ2n) is 8.23. The lowest BCUT2D eigenvalue weighted by Crippen LogP contribution is -2.43. The smallest absolute Gasteiger partial charge is 0.281 e. The fourth-order valence-electron chi connectivity index (χ4n) is 3.89. The molecule has 0 fully saturated rings. The van der Waals surface area contributed by atoms with E-state index in [0.717, 1.165) is 0 Å². The molecular formula is C30H24ClN3O4. The zero-order chi connectivity index (χ0) is 27.0. The van der Waals surface area contributed by atoms with Gasteiger partial charge in [0.25, 0.3) is 5.91 Å². The number of rotatable bonds is 9. The van der Waals surface area contributed by atoms with E-state index in [0.29, 0.717) is 39.3 Å². The molecule has 0 heterocycles. The number of carbonyl (C=O) groups is 1. The van der Waals surface area contributed by atoms with Crippen molar-refractivity contribution in [2.75, 3.05) is 7.11 Å². The predicted octanol–water partition coefficient (Wildman–Crippen LogP) is 5.19. The zero-order valence-corrected chi connectivity index (χ0v) is 21.2. The van der Waals surface area contributed by atoms with Crippen LogP contribution in [0.3, 0.4) is 0 Å². The van der Waals surface area contributed by atoms with Crippen LogP contribution in [0.5, 0.6) is 11.5 Å². The first kappa shape index (κ1) is 26.4. The largest absolute Gasteiger partial charge is 0.493 e. The Hall–Kier alpha value is -4.64. The van der Waals surface area contributed by atoms with Crippen LogP contribution in [0.2, 0.25) is 5.02 Å². The SMILES string of the molecule is COc1cc(/C=N\NC(=O)C(O)(c2ccccc2)c2ccccc2)cc(Cl)c1OCc1ccccc1C#N. The van der Waals surface area contributed by atoms with Gasteiger partial charge in [-0.3, -0.25) is 4.79 Å². The summed E-state index contributed by atoms with van der Waals surface area (Å²) < 4.78 is 11.3. The highest BCUT2D eigenvalue weighted by Crippen LogP contribution is 2.37. The summed E-state index contributed by atoms with van der Waals surface area (Å²) in [5, 5.41) is 25.1. The van der Waals surface area contributed by atoms with Crippen LogP contribution in [0, 0.1) is 11.3 Å². The van der Waals surface area contributed by atoms with Crippen LogP contribution >= 0.6 is 11.6 Å². The molecule has 0 aliphatic rings. The summed E-state index contributed by atoms with van der Waals surface area (Å²) in [6, 6.07) is 29.8. The minimum absolute atomic E-state index is 0.126. The van der Waals surface area contributed by atoms with Gasteiger partial charge in [-0.25, -0.2) is 5.43 Å². The molecule has 0 unspecified atom stereocenters. The van der Waals surface area contributed by atoms with Crippen molar-refractivity contribution in [2.24, 2.45) is 5.10 Å². The Kier molecular flexibility index (Phi) is 8.39. The molecule has 0 aliphatic carbocycles.